The third-order valence-corrected chi connectivity index (χ3v) is 2.36. The van der Waals surface area contributed by atoms with E-state index in [1.807, 2.05) is 18.2 Å². The van der Waals surface area contributed by atoms with Crippen LogP contribution in [0.3, 0.4) is 0 Å². The van der Waals surface area contributed by atoms with Crippen molar-refractivity contribution in [3.63, 3.8) is 0 Å². The Morgan fingerprint density at radius 2 is 1.82 bits per heavy atom. The lowest BCUT2D eigenvalue weighted by Gasteiger charge is -2.09. The Balaban J connectivity index is 2.15. The minimum Gasteiger partial charge on any atom is -0.493 e. The van der Waals surface area contributed by atoms with Crippen molar-refractivity contribution in [1.29, 1.82) is 0 Å². The average molecular weight is 308 g/mol. The van der Waals surface area contributed by atoms with E-state index in [9.17, 15) is 14.4 Å². The van der Waals surface area contributed by atoms with Crippen LogP contribution in [0.15, 0.2) is 30.3 Å². The van der Waals surface area contributed by atoms with Gasteiger partial charge in [0.1, 0.15) is 5.75 Å². The maximum absolute atomic E-state index is 11.4. The Labute approximate surface area is 129 Å². The Hall–Kier alpha value is -2.57. The summed E-state index contributed by atoms with van der Waals surface area (Å²) in [4.78, 5) is 34.0. The Bertz CT molecular complexity index is 502. The van der Waals surface area contributed by atoms with Crippen molar-refractivity contribution in [1.82, 2.24) is 10.6 Å². The molecule has 0 unspecified atom stereocenters. The summed E-state index contributed by atoms with van der Waals surface area (Å²) in [7, 11) is 0. The number of nitrogens with one attached hydrogen (secondary N) is 2. The van der Waals surface area contributed by atoms with Crippen molar-refractivity contribution >= 4 is 17.9 Å². The summed E-state index contributed by atoms with van der Waals surface area (Å²) in [5.41, 5.74) is 0. The molecule has 0 fully saturated rings. The fourth-order valence-electron chi connectivity index (χ4n) is 1.45. The monoisotopic (exact) mass is 308 g/mol. The zero-order valence-electron chi connectivity index (χ0n) is 12.6. The van der Waals surface area contributed by atoms with Crippen LogP contribution in [0.2, 0.25) is 0 Å². The van der Waals surface area contributed by atoms with Crippen molar-refractivity contribution in [2.24, 2.45) is 0 Å². The van der Waals surface area contributed by atoms with Gasteiger partial charge in [-0.1, -0.05) is 18.2 Å². The van der Waals surface area contributed by atoms with Crippen LogP contribution in [0.25, 0.3) is 0 Å². The van der Waals surface area contributed by atoms with Gasteiger partial charge in [0.05, 0.1) is 13.0 Å². The van der Waals surface area contributed by atoms with Gasteiger partial charge in [0, 0.05) is 6.04 Å². The molecule has 0 heterocycles. The number of carbonyl (C=O) groups excluding carboxylic acids is 3. The van der Waals surface area contributed by atoms with Crippen molar-refractivity contribution in [3.05, 3.63) is 30.3 Å². The van der Waals surface area contributed by atoms with Crippen LogP contribution in [0.4, 0.5) is 4.79 Å². The minimum absolute atomic E-state index is 0.0143. The fraction of sp³-hybridized carbons (Fsp3) is 0.400. The van der Waals surface area contributed by atoms with Gasteiger partial charge in [-0.25, -0.2) is 4.79 Å². The standard InChI is InChI=1S/C15H20N2O5/c1-11(2)16-15(20)17-13(18)10-22-14(19)8-9-21-12-6-4-3-5-7-12/h3-7,11H,8-10H2,1-2H3,(H2,16,17,18,20). The van der Waals surface area contributed by atoms with Crippen molar-refractivity contribution < 1.29 is 23.9 Å². The molecule has 1 aromatic rings. The van der Waals surface area contributed by atoms with Crippen molar-refractivity contribution in [3.8, 4) is 5.75 Å². The van der Waals surface area contributed by atoms with Gasteiger partial charge in [-0.05, 0) is 26.0 Å². The maximum Gasteiger partial charge on any atom is 0.321 e. The molecule has 0 atom stereocenters. The second-order valence-corrected chi connectivity index (χ2v) is 4.75. The number of esters is 1. The fourth-order valence-corrected chi connectivity index (χ4v) is 1.45. The summed E-state index contributed by atoms with van der Waals surface area (Å²) in [5.74, 6) is -0.607. The van der Waals surface area contributed by atoms with Crippen LogP contribution in [-0.4, -0.2) is 37.2 Å². The first-order valence-electron chi connectivity index (χ1n) is 6.91. The van der Waals surface area contributed by atoms with E-state index in [2.05, 4.69) is 10.6 Å². The molecule has 22 heavy (non-hydrogen) atoms. The maximum atomic E-state index is 11.4. The van der Waals surface area contributed by atoms with Gasteiger partial charge in [0.2, 0.25) is 0 Å². The number of hydrogen-bond donors (Lipinski definition) is 2. The first-order chi connectivity index (χ1) is 10.5. The quantitative estimate of drug-likeness (QED) is 0.739. The molecule has 2 N–H and O–H groups in total. The molecule has 7 nitrogen and oxygen atoms in total. The topological polar surface area (TPSA) is 93.7 Å². The number of rotatable bonds is 7. The number of amides is 3. The molecular formula is C15H20N2O5. The number of imide groups is 1. The highest BCUT2D eigenvalue weighted by molar-refractivity contribution is 5.95. The number of ether oxygens (including phenoxy) is 2. The predicted octanol–water partition coefficient (Wildman–Crippen LogP) is 1.23. The zero-order valence-corrected chi connectivity index (χ0v) is 12.6. The number of para-hydroxylation sites is 1. The molecular weight excluding hydrogens is 288 g/mol. The highest BCUT2D eigenvalue weighted by Gasteiger charge is 2.11. The number of hydrogen-bond acceptors (Lipinski definition) is 5. The smallest absolute Gasteiger partial charge is 0.321 e. The first-order valence-corrected chi connectivity index (χ1v) is 6.91. The van der Waals surface area contributed by atoms with E-state index in [4.69, 9.17) is 9.47 Å². The molecule has 1 aromatic carbocycles. The van der Waals surface area contributed by atoms with Crippen molar-refractivity contribution in [2.75, 3.05) is 13.2 Å². The minimum atomic E-state index is -0.685. The molecule has 120 valence electrons. The van der Waals surface area contributed by atoms with Gasteiger partial charge in [-0.3, -0.25) is 14.9 Å². The second kappa shape index (κ2) is 9.38. The molecule has 3 amide bonds. The molecule has 0 saturated heterocycles. The lowest BCUT2D eigenvalue weighted by atomic mass is 10.3. The third kappa shape index (κ3) is 7.88. The molecule has 0 aliphatic heterocycles. The molecule has 0 radical (unpaired) electrons. The highest BCUT2D eigenvalue weighted by atomic mass is 16.5. The van der Waals surface area contributed by atoms with E-state index >= 15 is 0 Å². The second-order valence-electron chi connectivity index (χ2n) is 4.75. The molecule has 1 rings (SSSR count). The third-order valence-electron chi connectivity index (χ3n) is 2.36. The summed E-state index contributed by atoms with van der Waals surface area (Å²) in [5, 5.41) is 4.53. The Morgan fingerprint density at radius 3 is 2.45 bits per heavy atom. The summed E-state index contributed by atoms with van der Waals surface area (Å²) in [6, 6.07) is 8.32. The SMILES string of the molecule is CC(C)NC(=O)NC(=O)COC(=O)CCOc1ccccc1. The Kier molecular flexibility index (Phi) is 7.45. The van der Waals surface area contributed by atoms with E-state index in [1.165, 1.54) is 0 Å². The number of carbonyl (C=O) groups is 3. The van der Waals surface area contributed by atoms with E-state index < -0.39 is 24.5 Å². The van der Waals surface area contributed by atoms with Crippen LogP contribution in [0, 0.1) is 0 Å². The molecule has 0 aromatic heterocycles. The molecule has 0 saturated carbocycles. The van der Waals surface area contributed by atoms with E-state index in [1.54, 1.807) is 26.0 Å². The summed E-state index contributed by atoms with van der Waals surface area (Å²) in [6.45, 7) is 3.17. The van der Waals surface area contributed by atoms with Crippen LogP contribution < -0.4 is 15.4 Å². The lowest BCUT2D eigenvalue weighted by Crippen LogP contribution is -2.44. The lowest BCUT2D eigenvalue weighted by molar-refractivity contribution is -0.148. The van der Waals surface area contributed by atoms with E-state index in [0.717, 1.165) is 0 Å². The molecule has 0 bridgehead atoms. The normalized spacial score (nSPS) is 9.95. The largest absolute Gasteiger partial charge is 0.493 e. The molecule has 7 heteroatoms. The number of benzene rings is 1. The van der Waals surface area contributed by atoms with Gasteiger partial charge in [0.15, 0.2) is 6.61 Å². The van der Waals surface area contributed by atoms with Crippen LogP contribution in [0.1, 0.15) is 20.3 Å². The molecule has 0 aliphatic rings. The van der Waals surface area contributed by atoms with Crippen LogP contribution in [-0.2, 0) is 14.3 Å². The van der Waals surface area contributed by atoms with Crippen LogP contribution >= 0.6 is 0 Å². The van der Waals surface area contributed by atoms with Gasteiger partial charge >= 0.3 is 12.0 Å². The molecule has 0 aliphatic carbocycles. The molecule has 0 spiro atoms. The number of urea groups is 1. The van der Waals surface area contributed by atoms with Gasteiger partial charge in [0.25, 0.3) is 5.91 Å². The van der Waals surface area contributed by atoms with Gasteiger partial charge in [-0.2, -0.15) is 0 Å². The summed E-state index contributed by atoms with van der Waals surface area (Å²) >= 11 is 0. The van der Waals surface area contributed by atoms with E-state index in [-0.39, 0.29) is 19.1 Å². The summed E-state index contributed by atoms with van der Waals surface area (Å²) < 4.78 is 10.1. The highest BCUT2D eigenvalue weighted by Crippen LogP contribution is 2.08. The van der Waals surface area contributed by atoms with E-state index in [0.29, 0.717) is 5.75 Å². The van der Waals surface area contributed by atoms with Crippen molar-refractivity contribution in [2.45, 2.75) is 26.3 Å². The average Bonchev–Trinajstić information content (AvgIpc) is 2.45. The first kappa shape index (κ1) is 17.5. The van der Waals surface area contributed by atoms with Gasteiger partial charge in [-0.15, -0.1) is 0 Å². The summed E-state index contributed by atoms with van der Waals surface area (Å²) in [6.07, 6.45) is 0.0143. The Morgan fingerprint density at radius 1 is 1.14 bits per heavy atom. The predicted molar refractivity (Wildman–Crippen MR) is 79.3 cm³/mol. The van der Waals surface area contributed by atoms with Gasteiger partial charge < -0.3 is 14.8 Å². The van der Waals surface area contributed by atoms with Crippen LogP contribution in [0.5, 0.6) is 5.75 Å². The zero-order chi connectivity index (χ0) is 16.4.